The monoisotopic (exact) mass is 277 g/mol. The Balaban J connectivity index is 2.02. The lowest BCUT2D eigenvalue weighted by Crippen LogP contribution is -2.00. The first-order valence-electron chi connectivity index (χ1n) is 6.50. The van der Waals surface area contributed by atoms with E-state index in [4.69, 9.17) is 19.0 Å². The van der Waals surface area contributed by atoms with Crippen LogP contribution in [0.25, 0.3) is 0 Å². The largest absolute Gasteiger partial charge is 0.493 e. The van der Waals surface area contributed by atoms with E-state index in [9.17, 15) is 0 Å². The minimum Gasteiger partial charge on any atom is -0.493 e. The third-order valence-electron chi connectivity index (χ3n) is 2.80. The molecule has 5 nitrogen and oxygen atoms in total. The van der Waals surface area contributed by atoms with Crippen molar-refractivity contribution in [2.24, 2.45) is 0 Å². The second-order valence-corrected chi connectivity index (χ2v) is 4.18. The summed E-state index contributed by atoms with van der Waals surface area (Å²) in [6, 6.07) is 9.26. The summed E-state index contributed by atoms with van der Waals surface area (Å²) in [6.45, 7) is 2.98. The van der Waals surface area contributed by atoms with Crippen LogP contribution in [0.4, 0.5) is 5.69 Å². The van der Waals surface area contributed by atoms with Gasteiger partial charge in [0.1, 0.15) is 18.1 Å². The van der Waals surface area contributed by atoms with Gasteiger partial charge < -0.3 is 24.3 Å². The van der Waals surface area contributed by atoms with Crippen molar-refractivity contribution in [1.29, 1.82) is 0 Å². The van der Waals surface area contributed by atoms with Crippen LogP contribution in [-0.2, 0) is 13.2 Å². The van der Waals surface area contributed by atoms with E-state index in [1.807, 2.05) is 31.2 Å². The zero-order chi connectivity index (χ0) is 14.4. The molecule has 1 aromatic heterocycles. The fourth-order valence-corrected chi connectivity index (χ4v) is 1.84. The zero-order valence-electron chi connectivity index (χ0n) is 11.7. The Hall–Kier alpha value is -2.14. The lowest BCUT2D eigenvalue weighted by molar-refractivity contribution is 0.244. The summed E-state index contributed by atoms with van der Waals surface area (Å²) in [7, 11) is 1.61. The van der Waals surface area contributed by atoms with Gasteiger partial charge in [-0.1, -0.05) is 0 Å². The van der Waals surface area contributed by atoms with Crippen molar-refractivity contribution >= 4 is 5.69 Å². The Kier molecular flexibility index (Phi) is 4.90. The predicted octanol–water partition coefficient (Wildman–Crippen LogP) is 2.79. The minimum atomic E-state index is -0.0864. The van der Waals surface area contributed by atoms with Crippen LogP contribution in [0.5, 0.6) is 11.5 Å². The molecule has 108 valence electrons. The molecule has 0 atom stereocenters. The first kappa shape index (κ1) is 14.3. The van der Waals surface area contributed by atoms with E-state index < -0.39 is 0 Å². The second kappa shape index (κ2) is 6.86. The Morgan fingerprint density at radius 2 is 1.95 bits per heavy atom. The number of ether oxygens (including phenoxy) is 2. The average Bonchev–Trinajstić information content (AvgIpc) is 2.94. The normalized spacial score (nSPS) is 10.3. The van der Waals surface area contributed by atoms with Crippen molar-refractivity contribution in [2.45, 2.75) is 20.1 Å². The van der Waals surface area contributed by atoms with Crippen LogP contribution in [0.2, 0.25) is 0 Å². The summed E-state index contributed by atoms with van der Waals surface area (Å²) < 4.78 is 16.2. The van der Waals surface area contributed by atoms with E-state index in [-0.39, 0.29) is 6.61 Å². The van der Waals surface area contributed by atoms with Crippen LogP contribution in [0.1, 0.15) is 18.4 Å². The van der Waals surface area contributed by atoms with Crippen LogP contribution in [0, 0.1) is 0 Å². The van der Waals surface area contributed by atoms with Gasteiger partial charge in [-0.05, 0) is 31.2 Å². The van der Waals surface area contributed by atoms with Gasteiger partial charge >= 0.3 is 0 Å². The quantitative estimate of drug-likeness (QED) is 0.814. The number of aliphatic hydroxyl groups excluding tert-OH is 1. The molecule has 0 fully saturated rings. The smallest absolute Gasteiger partial charge is 0.162 e. The molecule has 0 radical (unpaired) electrons. The molecule has 0 saturated heterocycles. The SMILES string of the molecule is CCOc1ccc(NCc2ccc(CO)o2)cc1OC. The van der Waals surface area contributed by atoms with Crippen molar-refractivity contribution in [3.8, 4) is 11.5 Å². The predicted molar refractivity (Wildman–Crippen MR) is 76.1 cm³/mol. The number of methoxy groups -OCH3 is 1. The molecule has 0 bridgehead atoms. The molecular weight excluding hydrogens is 258 g/mol. The number of aliphatic hydroxyl groups is 1. The highest BCUT2D eigenvalue weighted by molar-refractivity contribution is 5.54. The summed E-state index contributed by atoms with van der Waals surface area (Å²) in [5, 5.41) is 12.2. The lowest BCUT2D eigenvalue weighted by Gasteiger charge is -2.11. The van der Waals surface area contributed by atoms with Gasteiger partial charge in [-0.2, -0.15) is 0 Å². The molecule has 1 aromatic carbocycles. The van der Waals surface area contributed by atoms with Crippen LogP contribution < -0.4 is 14.8 Å². The van der Waals surface area contributed by atoms with Gasteiger partial charge in [0.2, 0.25) is 0 Å². The summed E-state index contributed by atoms with van der Waals surface area (Å²) in [5.41, 5.74) is 0.909. The molecule has 0 aliphatic heterocycles. The molecule has 2 rings (SSSR count). The van der Waals surface area contributed by atoms with Crippen LogP contribution in [-0.4, -0.2) is 18.8 Å². The molecule has 0 amide bonds. The molecule has 0 aliphatic rings. The summed E-state index contributed by atoms with van der Waals surface area (Å²) >= 11 is 0. The average molecular weight is 277 g/mol. The molecular formula is C15H19NO4. The number of rotatable bonds is 7. The van der Waals surface area contributed by atoms with E-state index in [1.54, 1.807) is 13.2 Å². The first-order valence-corrected chi connectivity index (χ1v) is 6.50. The first-order chi connectivity index (χ1) is 9.76. The fraction of sp³-hybridized carbons (Fsp3) is 0.333. The van der Waals surface area contributed by atoms with Gasteiger partial charge in [0, 0.05) is 11.8 Å². The van der Waals surface area contributed by atoms with Crippen molar-refractivity contribution in [2.75, 3.05) is 19.0 Å². The highest BCUT2D eigenvalue weighted by atomic mass is 16.5. The van der Waals surface area contributed by atoms with Gasteiger partial charge in [0.15, 0.2) is 11.5 Å². The molecule has 0 aliphatic carbocycles. The van der Waals surface area contributed by atoms with E-state index in [0.717, 1.165) is 17.2 Å². The molecule has 0 saturated carbocycles. The third kappa shape index (κ3) is 3.45. The van der Waals surface area contributed by atoms with Crippen molar-refractivity contribution < 1.29 is 19.0 Å². The number of hydrogen-bond acceptors (Lipinski definition) is 5. The number of benzene rings is 1. The van der Waals surface area contributed by atoms with Gasteiger partial charge in [-0.15, -0.1) is 0 Å². The molecule has 0 unspecified atom stereocenters. The maximum atomic E-state index is 8.94. The Morgan fingerprint density at radius 3 is 2.60 bits per heavy atom. The number of furan rings is 1. The minimum absolute atomic E-state index is 0.0864. The van der Waals surface area contributed by atoms with E-state index in [2.05, 4.69) is 5.32 Å². The number of anilines is 1. The maximum absolute atomic E-state index is 8.94. The Labute approximate surface area is 118 Å². The van der Waals surface area contributed by atoms with Gasteiger partial charge in [-0.3, -0.25) is 0 Å². The molecule has 0 spiro atoms. The van der Waals surface area contributed by atoms with Crippen LogP contribution in [0.15, 0.2) is 34.7 Å². The summed E-state index contributed by atoms with van der Waals surface area (Å²) in [6.07, 6.45) is 0. The van der Waals surface area contributed by atoms with Crippen molar-refractivity contribution in [3.05, 3.63) is 41.9 Å². The van der Waals surface area contributed by atoms with E-state index >= 15 is 0 Å². The van der Waals surface area contributed by atoms with Gasteiger partial charge in [0.25, 0.3) is 0 Å². The topological polar surface area (TPSA) is 63.9 Å². The molecule has 2 aromatic rings. The van der Waals surface area contributed by atoms with Gasteiger partial charge in [-0.25, -0.2) is 0 Å². The molecule has 5 heteroatoms. The summed E-state index contributed by atoms with van der Waals surface area (Å²) in [4.78, 5) is 0. The fourth-order valence-electron chi connectivity index (χ4n) is 1.84. The Bertz CT molecular complexity index is 551. The standard InChI is InChI=1S/C15H19NO4/c1-3-19-14-7-4-11(8-15(14)18-2)16-9-12-5-6-13(10-17)20-12/h4-8,16-17H,3,9-10H2,1-2H3. The second-order valence-electron chi connectivity index (χ2n) is 4.18. The van der Waals surface area contributed by atoms with Crippen molar-refractivity contribution in [3.63, 3.8) is 0 Å². The number of nitrogens with one attached hydrogen (secondary N) is 1. The third-order valence-corrected chi connectivity index (χ3v) is 2.80. The maximum Gasteiger partial charge on any atom is 0.162 e. The highest BCUT2D eigenvalue weighted by Crippen LogP contribution is 2.30. The van der Waals surface area contributed by atoms with Crippen LogP contribution >= 0.6 is 0 Å². The zero-order valence-corrected chi connectivity index (χ0v) is 11.7. The molecule has 20 heavy (non-hydrogen) atoms. The summed E-state index contributed by atoms with van der Waals surface area (Å²) in [5.74, 6) is 2.74. The van der Waals surface area contributed by atoms with Crippen molar-refractivity contribution in [1.82, 2.24) is 0 Å². The molecule has 2 N–H and O–H groups in total. The molecule has 1 heterocycles. The lowest BCUT2D eigenvalue weighted by atomic mass is 10.2. The van der Waals surface area contributed by atoms with Crippen LogP contribution in [0.3, 0.4) is 0 Å². The number of hydrogen-bond donors (Lipinski definition) is 2. The van der Waals surface area contributed by atoms with E-state index in [1.165, 1.54) is 0 Å². The van der Waals surface area contributed by atoms with E-state index in [0.29, 0.717) is 24.7 Å². The Morgan fingerprint density at radius 1 is 1.15 bits per heavy atom. The highest BCUT2D eigenvalue weighted by Gasteiger charge is 2.06. The van der Waals surface area contributed by atoms with Gasteiger partial charge in [0.05, 0.1) is 20.3 Å².